The van der Waals surface area contributed by atoms with Crippen molar-refractivity contribution in [3.8, 4) is 0 Å². The molecule has 1 saturated heterocycles. The maximum Gasteiger partial charge on any atom is 0.353 e. The summed E-state index contributed by atoms with van der Waals surface area (Å²) in [5.74, 6) is -1.70. The highest BCUT2D eigenvalue weighted by Crippen LogP contribution is 2.52. The fourth-order valence-electron chi connectivity index (χ4n) is 4.20. The van der Waals surface area contributed by atoms with Crippen LogP contribution in [0.2, 0.25) is 0 Å². The third-order valence-corrected chi connectivity index (χ3v) is 7.94. The minimum Gasteiger partial charge on any atom is -0.477 e. The molecule has 3 aliphatic rings. The molecule has 8 nitrogen and oxygen atoms in total. The van der Waals surface area contributed by atoms with E-state index in [1.54, 1.807) is 13.8 Å². The number of hydrogen-bond acceptors (Lipinski definition) is 7. The van der Waals surface area contributed by atoms with Crippen molar-refractivity contribution in [2.45, 2.75) is 37.3 Å². The molecule has 3 N–H and O–H groups in total. The van der Waals surface area contributed by atoms with Gasteiger partial charge in [-0.25, -0.2) is 9.78 Å². The van der Waals surface area contributed by atoms with Gasteiger partial charge in [0.1, 0.15) is 5.70 Å². The standard InChI is InChI=1S/C19H22N4O4S2/c1-8-14-13(9(2)24)17(25)23(14)15(18(26)27)16(8)29-19-21-12(7-28-19)11-4-5-22(6-11)10(3)20/h4,7-9,13-14,20,24H,5-6H2,1-3H3,(H,26,27)/t8-,9-,13-,14-/m1/s1. The number of hydrogen-bond donors (Lipinski definition) is 3. The number of nitrogens with one attached hydrogen (secondary N) is 1. The lowest BCUT2D eigenvalue weighted by atomic mass is 9.79. The number of aromatic nitrogens is 1. The predicted molar refractivity (Wildman–Crippen MR) is 111 cm³/mol. The minimum absolute atomic E-state index is 0.0110. The number of aliphatic carboxylic acids is 1. The first-order valence-electron chi connectivity index (χ1n) is 9.32. The number of nitrogens with zero attached hydrogens (tertiary/aromatic N) is 3. The van der Waals surface area contributed by atoms with Gasteiger partial charge in [-0.2, -0.15) is 0 Å². The summed E-state index contributed by atoms with van der Waals surface area (Å²) < 4.78 is 0.718. The second-order valence-electron chi connectivity index (χ2n) is 7.57. The average molecular weight is 435 g/mol. The zero-order chi connectivity index (χ0) is 21.0. The summed E-state index contributed by atoms with van der Waals surface area (Å²) in [6.07, 6.45) is 1.24. The Morgan fingerprint density at radius 1 is 1.48 bits per heavy atom. The molecule has 10 heteroatoms. The van der Waals surface area contributed by atoms with Gasteiger partial charge in [-0.05, 0) is 19.4 Å². The Bertz CT molecular complexity index is 967. The van der Waals surface area contributed by atoms with Gasteiger partial charge < -0.3 is 20.0 Å². The second kappa shape index (κ2) is 7.26. The molecule has 0 radical (unpaired) electrons. The highest BCUT2D eigenvalue weighted by atomic mass is 32.2. The Hall–Kier alpha value is -2.17. The first kappa shape index (κ1) is 20.1. The Kier molecular flexibility index (Phi) is 5.04. The van der Waals surface area contributed by atoms with E-state index in [0.717, 1.165) is 15.6 Å². The second-order valence-corrected chi connectivity index (χ2v) is 9.72. The van der Waals surface area contributed by atoms with E-state index in [-0.39, 0.29) is 23.6 Å². The Labute approximate surface area is 176 Å². The van der Waals surface area contributed by atoms with Crippen molar-refractivity contribution in [1.29, 1.82) is 5.41 Å². The number of amides is 1. The van der Waals surface area contributed by atoms with E-state index in [0.29, 0.717) is 23.8 Å². The summed E-state index contributed by atoms with van der Waals surface area (Å²) in [5, 5.41) is 29.4. The summed E-state index contributed by atoms with van der Waals surface area (Å²) in [5.41, 5.74) is 1.90. The molecule has 154 valence electrons. The highest BCUT2D eigenvalue weighted by molar-refractivity contribution is 8.04. The predicted octanol–water partition coefficient (Wildman–Crippen LogP) is 2.09. The Morgan fingerprint density at radius 2 is 2.21 bits per heavy atom. The minimum atomic E-state index is -1.13. The van der Waals surface area contributed by atoms with Crippen LogP contribution in [0.25, 0.3) is 5.57 Å². The van der Waals surface area contributed by atoms with Crippen LogP contribution >= 0.6 is 23.1 Å². The van der Waals surface area contributed by atoms with Crippen molar-refractivity contribution < 1.29 is 19.8 Å². The first-order valence-corrected chi connectivity index (χ1v) is 11.0. The smallest absolute Gasteiger partial charge is 0.353 e. The molecule has 0 aliphatic carbocycles. The number of aliphatic hydroxyl groups is 1. The third kappa shape index (κ3) is 3.19. The van der Waals surface area contributed by atoms with Crippen molar-refractivity contribution >= 4 is 46.4 Å². The number of rotatable bonds is 5. The monoisotopic (exact) mass is 434 g/mol. The fraction of sp³-hybridized carbons (Fsp3) is 0.474. The number of carbonyl (C=O) groups is 2. The molecule has 4 atom stereocenters. The van der Waals surface area contributed by atoms with Gasteiger partial charge in [-0.15, -0.1) is 11.3 Å². The maximum atomic E-state index is 12.4. The van der Waals surface area contributed by atoms with Crippen LogP contribution in [0.1, 0.15) is 26.5 Å². The zero-order valence-electron chi connectivity index (χ0n) is 16.2. The summed E-state index contributed by atoms with van der Waals surface area (Å²) >= 11 is 2.73. The van der Waals surface area contributed by atoms with Crippen LogP contribution in [-0.4, -0.2) is 67.9 Å². The first-order chi connectivity index (χ1) is 13.7. The lowest BCUT2D eigenvalue weighted by Gasteiger charge is -2.46. The summed E-state index contributed by atoms with van der Waals surface area (Å²) in [6.45, 7) is 6.56. The van der Waals surface area contributed by atoms with Crippen LogP contribution in [0.15, 0.2) is 26.4 Å². The largest absolute Gasteiger partial charge is 0.477 e. The number of aliphatic hydroxyl groups excluding tert-OH is 1. The van der Waals surface area contributed by atoms with Crippen LogP contribution < -0.4 is 0 Å². The van der Waals surface area contributed by atoms with Crippen molar-refractivity contribution in [3.05, 3.63) is 27.8 Å². The van der Waals surface area contributed by atoms with E-state index in [1.165, 1.54) is 28.0 Å². The Balaban J connectivity index is 1.57. The topological polar surface area (TPSA) is 118 Å². The third-order valence-electron chi connectivity index (χ3n) is 5.71. The summed E-state index contributed by atoms with van der Waals surface area (Å²) in [6, 6.07) is -0.322. The van der Waals surface area contributed by atoms with E-state index in [1.807, 2.05) is 17.2 Å². The molecule has 0 spiro atoms. The van der Waals surface area contributed by atoms with Crippen LogP contribution in [0.5, 0.6) is 0 Å². The lowest BCUT2D eigenvalue weighted by Crippen LogP contribution is -2.63. The molecule has 0 bridgehead atoms. The number of β-lactam (4-membered cyclic amide) rings is 1. The number of carboxylic acid groups (broad SMARTS) is 1. The molecule has 0 aromatic carbocycles. The van der Waals surface area contributed by atoms with Crippen LogP contribution in [0, 0.1) is 17.2 Å². The van der Waals surface area contributed by atoms with Gasteiger partial charge in [0, 0.05) is 29.3 Å². The normalized spacial score (nSPS) is 27.1. The molecular weight excluding hydrogens is 412 g/mol. The number of fused-ring (bicyclic) bond motifs is 1. The van der Waals surface area contributed by atoms with E-state index in [2.05, 4.69) is 11.1 Å². The van der Waals surface area contributed by atoms with Crippen molar-refractivity contribution in [3.63, 3.8) is 0 Å². The van der Waals surface area contributed by atoms with Crippen LogP contribution in [-0.2, 0) is 9.59 Å². The van der Waals surface area contributed by atoms with Gasteiger partial charge in [0.05, 0.1) is 29.6 Å². The summed E-state index contributed by atoms with van der Waals surface area (Å²) in [7, 11) is 0. The van der Waals surface area contributed by atoms with E-state index in [9.17, 15) is 19.8 Å². The van der Waals surface area contributed by atoms with E-state index in [4.69, 9.17) is 5.41 Å². The molecule has 4 rings (SSSR count). The number of thiazole rings is 1. The van der Waals surface area contributed by atoms with Gasteiger partial charge in [-0.1, -0.05) is 24.8 Å². The maximum absolute atomic E-state index is 12.4. The fourth-order valence-corrected chi connectivity index (χ4v) is 6.31. The van der Waals surface area contributed by atoms with Gasteiger partial charge in [0.25, 0.3) is 0 Å². The molecular formula is C19H22N4O4S2. The van der Waals surface area contributed by atoms with E-state index >= 15 is 0 Å². The van der Waals surface area contributed by atoms with Crippen molar-refractivity contribution in [2.24, 2.45) is 11.8 Å². The molecule has 1 aromatic rings. The van der Waals surface area contributed by atoms with Gasteiger partial charge in [-0.3, -0.25) is 10.2 Å². The van der Waals surface area contributed by atoms with Gasteiger partial charge in [0.15, 0.2) is 4.34 Å². The number of carboxylic acids is 1. The van der Waals surface area contributed by atoms with Crippen molar-refractivity contribution in [1.82, 2.24) is 14.8 Å². The summed E-state index contributed by atoms with van der Waals surface area (Å²) in [4.78, 5) is 32.9. The van der Waals surface area contributed by atoms with Gasteiger partial charge >= 0.3 is 5.97 Å². The average Bonchev–Trinajstić information content (AvgIpc) is 3.33. The number of carbonyl (C=O) groups excluding carboxylic acids is 1. The number of thioether (sulfide) groups is 1. The van der Waals surface area contributed by atoms with Crippen molar-refractivity contribution in [2.75, 3.05) is 13.1 Å². The lowest BCUT2D eigenvalue weighted by molar-refractivity contribution is -0.163. The zero-order valence-corrected chi connectivity index (χ0v) is 17.9. The molecule has 1 fully saturated rings. The quantitative estimate of drug-likeness (QED) is 0.369. The molecule has 1 aromatic heterocycles. The molecule has 3 aliphatic heterocycles. The molecule has 4 heterocycles. The SMILES string of the molecule is CC(=N)N1CC=C(c2csc(SC3=C(C(=O)O)N4C(=O)[C@H]([C@@H](C)O)[C@H]4[C@H]3C)n2)C1. The number of amidine groups is 1. The molecule has 29 heavy (non-hydrogen) atoms. The Morgan fingerprint density at radius 3 is 2.79 bits per heavy atom. The molecule has 0 unspecified atom stereocenters. The van der Waals surface area contributed by atoms with Crippen LogP contribution in [0.4, 0.5) is 0 Å². The molecule has 0 saturated carbocycles. The molecule has 1 amide bonds. The van der Waals surface area contributed by atoms with Gasteiger partial charge in [0.2, 0.25) is 5.91 Å². The highest BCUT2D eigenvalue weighted by Gasteiger charge is 2.60. The van der Waals surface area contributed by atoms with E-state index < -0.39 is 18.0 Å². The van der Waals surface area contributed by atoms with Crippen LogP contribution in [0.3, 0.4) is 0 Å².